The van der Waals surface area contributed by atoms with E-state index in [2.05, 4.69) is 54.0 Å². The Morgan fingerprint density at radius 1 is 0.900 bits per heavy atom. The normalized spacial score (nSPS) is 10.3. The standard InChI is InChI=1S/C17H23N3/c1-4-20(5-2)15-11-12-17(16(18)13-15)19(3)14-9-7-6-8-10-14/h6-13H,4-5,18H2,1-3H3. The zero-order valence-corrected chi connectivity index (χ0v) is 12.5. The summed E-state index contributed by atoms with van der Waals surface area (Å²) >= 11 is 0. The second kappa shape index (κ2) is 6.33. The number of anilines is 4. The zero-order valence-electron chi connectivity index (χ0n) is 12.5. The molecule has 20 heavy (non-hydrogen) atoms. The molecule has 0 aliphatic carbocycles. The van der Waals surface area contributed by atoms with Crippen molar-refractivity contribution in [1.29, 1.82) is 0 Å². The highest BCUT2D eigenvalue weighted by molar-refractivity contribution is 5.77. The van der Waals surface area contributed by atoms with Gasteiger partial charge in [-0.05, 0) is 44.2 Å². The minimum atomic E-state index is 0.806. The lowest BCUT2D eigenvalue weighted by atomic mass is 10.2. The molecule has 2 aromatic rings. The Balaban J connectivity index is 2.30. The Morgan fingerprint density at radius 3 is 2.10 bits per heavy atom. The van der Waals surface area contributed by atoms with Gasteiger partial charge in [-0.15, -0.1) is 0 Å². The molecule has 0 spiro atoms. The molecule has 0 atom stereocenters. The van der Waals surface area contributed by atoms with E-state index in [1.165, 1.54) is 5.69 Å². The van der Waals surface area contributed by atoms with Gasteiger partial charge >= 0.3 is 0 Å². The molecule has 3 nitrogen and oxygen atoms in total. The van der Waals surface area contributed by atoms with Crippen LogP contribution in [0.25, 0.3) is 0 Å². The van der Waals surface area contributed by atoms with Crippen LogP contribution in [0.5, 0.6) is 0 Å². The Kier molecular flexibility index (Phi) is 4.51. The van der Waals surface area contributed by atoms with Crippen LogP contribution < -0.4 is 15.5 Å². The minimum absolute atomic E-state index is 0.806. The van der Waals surface area contributed by atoms with Gasteiger partial charge in [-0.25, -0.2) is 0 Å². The molecule has 106 valence electrons. The summed E-state index contributed by atoms with van der Waals surface area (Å²) < 4.78 is 0. The SMILES string of the molecule is CCN(CC)c1ccc(N(C)c2ccccc2)c(N)c1. The highest BCUT2D eigenvalue weighted by Crippen LogP contribution is 2.31. The van der Waals surface area contributed by atoms with Crippen molar-refractivity contribution in [2.75, 3.05) is 35.7 Å². The number of benzene rings is 2. The van der Waals surface area contributed by atoms with E-state index in [-0.39, 0.29) is 0 Å². The third-order valence-electron chi connectivity index (χ3n) is 3.64. The van der Waals surface area contributed by atoms with Gasteiger partial charge in [0.25, 0.3) is 0 Å². The maximum Gasteiger partial charge on any atom is 0.0643 e. The molecule has 2 N–H and O–H groups in total. The fourth-order valence-corrected chi connectivity index (χ4v) is 2.42. The first-order valence-electron chi connectivity index (χ1n) is 7.10. The first-order valence-corrected chi connectivity index (χ1v) is 7.10. The quantitative estimate of drug-likeness (QED) is 0.836. The predicted octanol–water partition coefficient (Wildman–Crippen LogP) is 3.88. The van der Waals surface area contributed by atoms with Crippen LogP contribution >= 0.6 is 0 Å². The van der Waals surface area contributed by atoms with Crippen molar-refractivity contribution in [1.82, 2.24) is 0 Å². The summed E-state index contributed by atoms with van der Waals surface area (Å²) in [4.78, 5) is 4.41. The van der Waals surface area contributed by atoms with Crippen LogP contribution in [0.1, 0.15) is 13.8 Å². The van der Waals surface area contributed by atoms with Crippen molar-refractivity contribution < 1.29 is 0 Å². The van der Waals surface area contributed by atoms with E-state index < -0.39 is 0 Å². The first kappa shape index (κ1) is 14.3. The number of nitrogens with zero attached hydrogens (tertiary/aromatic N) is 2. The number of nitrogens with two attached hydrogens (primary N) is 1. The van der Waals surface area contributed by atoms with Crippen molar-refractivity contribution in [2.45, 2.75) is 13.8 Å². The lowest BCUT2D eigenvalue weighted by Gasteiger charge is -2.25. The van der Waals surface area contributed by atoms with Crippen LogP contribution in [0.2, 0.25) is 0 Å². The second-order valence-electron chi connectivity index (χ2n) is 4.81. The third kappa shape index (κ3) is 2.87. The molecular formula is C17H23N3. The highest BCUT2D eigenvalue weighted by atomic mass is 15.1. The Morgan fingerprint density at radius 2 is 1.55 bits per heavy atom. The van der Waals surface area contributed by atoms with Gasteiger partial charge in [-0.3, -0.25) is 0 Å². The summed E-state index contributed by atoms with van der Waals surface area (Å²) in [5.41, 5.74) is 10.4. The monoisotopic (exact) mass is 269 g/mol. The van der Waals surface area contributed by atoms with Crippen LogP contribution in [0.4, 0.5) is 22.7 Å². The maximum absolute atomic E-state index is 6.24. The van der Waals surface area contributed by atoms with E-state index in [1.807, 2.05) is 25.2 Å². The van der Waals surface area contributed by atoms with Crippen molar-refractivity contribution >= 4 is 22.7 Å². The van der Waals surface area contributed by atoms with E-state index in [0.29, 0.717) is 0 Å². The number of para-hydroxylation sites is 1. The molecule has 0 aromatic heterocycles. The maximum atomic E-state index is 6.24. The summed E-state index contributed by atoms with van der Waals surface area (Å²) in [5, 5.41) is 0. The predicted molar refractivity (Wildman–Crippen MR) is 88.9 cm³/mol. The fraction of sp³-hybridized carbons (Fsp3) is 0.294. The molecule has 0 saturated heterocycles. The Hall–Kier alpha value is -2.16. The summed E-state index contributed by atoms with van der Waals surface area (Å²) in [6, 6.07) is 16.5. The molecule has 3 heteroatoms. The Labute approximate surface area is 121 Å². The van der Waals surface area contributed by atoms with Gasteiger partial charge in [0.05, 0.1) is 11.4 Å². The van der Waals surface area contributed by atoms with E-state index in [1.54, 1.807) is 0 Å². The van der Waals surface area contributed by atoms with Crippen LogP contribution in [0.15, 0.2) is 48.5 Å². The molecule has 0 fully saturated rings. The smallest absolute Gasteiger partial charge is 0.0643 e. The largest absolute Gasteiger partial charge is 0.397 e. The molecule has 0 saturated carbocycles. The number of hydrogen-bond donors (Lipinski definition) is 1. The number of hydrogen-bond acceptors (Lipinski definition) is 3. The van der Waals surface area contributed by atoms with Gasteiger partial charge in [-0.1, -0.05) is 18.2 Å². The molecule has 0 bridgehead atoms. The van der Waals surface area contributed by atoms with E-state index in [9.17, 15) is 0 Å². The molecule has 0 amide bonds. The second-order valence-corrected chi connectivity index (χ2v) is 4.81. The molecule has 2 aromatic carbocycles. The van der Waals surface area contributed by atoms with Gasteiger partial charge in [0.15, 0.2) is 0 Å². The van der Waals surface area contributed by atoms with Crippen molar-refractivity contribution in [3.8, 4) is 0 Å². The number of rotatable bonds is 5. The van der Waals surface area contributed by atoms with Crippen LogP contribution in [0, 0.1) is 0 Å². The topological polar surface area (TPSA) is 32.5 Å². The molecule has 2 rings (SSSR count). The van der Waals surface area contributed by atoms with Crippen molar-refractivity contribution in [3.63, 3.8) is 0 Å². The van der Waals surface area contributed by atoms with E-state index >= 15 is 0 Å². The molecule has 0 unspecified atom stereocenters. The summed E-state index contributed by atoms with van der Waals surface area (Å²) in [6.07, 6.45) is 0. The summed E-state index contributed by atoms with van der Waals surface area (Å²) in [5.74, 6) is 0. The van der Waals surface area contributed by atoms with Gasteiger partial charge in [0.2, 0.25) is 0 Å². The Bertz CT molecular complexity index is 547. The van der Waals surface area contributed by atoms with Crippen molar-refractivity contribution in [3.05, 3.63) is 48.5 Å². The van der Waals surface area contributed by atoms with Crippen LogP contribution in [-0.4, -0.2) is 20.1 Å². The molecule has 0 aliphatic heterocycles. The first-order chi connectivity index (χ1) is 9.67. The third-order valence-corrected chi connectivity index (χ3v) is 3.64. The summed E-state index contributed by atoms with van der Waals surface area (Å²) in [7, 11) is 2.04. The van der Waals surface area contributed by atoms with Crippen LogP contribution in [-0.2, 0) is 0 Å². The number of nitrogen functional groups attached to an aromatic ring is 1. The zero-order chi connectivity index (χ0) is 14.5. The van der Waals surface area contributed by atoms with Crippen LogP contribution in [0.3, 0.4) is 0 Å². The van der Waals surface area contributed by atoms with E-state index in [4.69, 9.17) is 5.73 Å². The van der Waals surface area contributed by atoms with Gasteiger partial charge in [0.1, 0.15) is 0 Å². The average molecular weight is 269 g/mol. The molecular weight excluding hydrogens is 246 g/mol. The van der Waals surface area contributed by atoms with E-state index in [0.717, 1.165) is 30.2 Å². The van der Waals surface area contributed by atoms with Crippen molar-refractivity contribution in [2.24, 2.45) is 0 Å². The lowest BCUT2D eigenvalue weighted by molar-refractivity contribution is 0.866. The molecule has 0 heterocycles. The highest BCUT2D eigenvalue weighted by Gasteiger charge is 2.09. The minimum Gasteiger partial charge on any atom is -0.397 e. The van der Waals surface area contributed by atoms with Gasteiger partial charge < -0.3 is 15.5 Å². The molecule has 0 radical (unpaired) electrons. The van der Waals surface area contributed by atoms with Gasteiger partial charge in [-0.2, -0.15) is 0 Å². The molecule has 0 aliphatic rings. The van der Waals surface area contributed by atoms with Gasteiger partial charge in [0, 0.05) is 31.5 Å². The average Bonchev–Trinajstić information content (AvgIpc) is 2.49. The lowest BCUT2D eigenvalue weighted by Crippen LogP contribution is -2.22. The fourth-order valence-electron chi connectivity index (χ4n) is 2.42. The summed E-state index contributed by atoms with van der Waals surface area (Å²) in [6.45, 7) is 6.29.